The van der Waals surface area contributed by atoms with Crippen LogP contribution in [0.1, 0.15) is 44.9 Å². The molecule has 1 aromatic heterocycles. The number of para-hydroxylation sites is 1. The van der Waals surface area contributed by atoms with Gasteiger partial charge in [-0.15, -0.1) is 0 Å². The summed E-state index contributed by atoms with van der Waals surface area (Å²) in [5, 5.41) is 13.7. The molecule has 25 heavy (non-hydrogen) atoms. The van der Waals surface area contributed by atoms with E-state index in [1.807, 2.05) is 6.07 Å². The minimum absolute atomic E-state index is 0.135. The summed E-state index contributed by atoms with van der Waals surface area (Å²) in [5.41, 5.74) is 0.523. The molecular weight excluding hydrogens is 318 g/mol. The summed E-state index contributed by atoms with van der Waals surface area (Å²) >= 11 is 0. The van der Waals surface area contributed by atoms with Crippen LogP contribution in [-0.4, -0.2) is 32.7 Å². The molecule has 0 aliphatic heterocycles. The zero-order valence-electron chi connectivity index (χ0n) is 14.4. The number of amides is 1. The number of hydrogen-bond donors (Lipinski definition) is 2. The minimum atomic E-state index is -0.477. The lowest BCUT2D eigenvalue weighted by Crippen LogP contribution is -2.44. The van der Waals surface area contributed by atoms with Crippen molar-refractivity contribution >= 4 is 16.8 Å². The van der Waals surface area contributed by atoms with Gasteiger partial charge in [0.15, 0.2) is 0 Å². The van der Waals surface area contributed by atoms with Crippen molar-refractivity contribution in [2.75, 3.05) is 0 Å². The Hall–Kier alpha value is -2.21. The maximum absolute atomic E-state index is 12.4. The van der Waals surface area contributed by atoms with Gasteiger partial charge in [0.2, 0.25) is 5.91 Å². The van der Waals surface area contributed by atoms with Crippen LogP contribution >= 0.6 is 0 Å². The molecule has 0 radical (unpaired) electrons. The van der Waals surface area contributed by atoms with Crippen molar-refractivity contribution in [1.82, 2.24) is 14.9 Å². The first-order valence-corrected chi connectivity index (χ1v) is 9.07. The average molecular weight is 343 g/mol. The van der Waals surface area contributed by atoms with Gasteiger partial charge in [0, 0.05) is 13.0 Å². The Labute approximate surface area is 146 Å². The predicted octanol–water partition coefficient (Wildman–Crippen LogP) is 1.99. The first-order chi connectivity index (χ1) is 12.1. The summed E-state index contributed by atoms with van der Waals surface area (Å²) in [6.45, 7) is 0.283. The summed E-state index contributed by atoms with van der Waals surface area (Å²) < 4.78 is 1.47. The topological polar surface area (TPSA) is 84.2 Å². The van der Waals surface area contributed by atoms with Crippen LogP contribution in [0.5, 0.6) is 0 Å². The SMILES string of the molecule is O=C(CCn1cnc2ccccc2c1=O)N[C@H]1CCCCCC[C@@H]1O. The molecule has 1 aromatic carbocycles. The lowest BCUT2D eigenvalue weighted by atomic mass is 9.94. The number of aromatic nitrogens is 2. The molecule has 1 saturated carbocycles. The summed E-state index contributed by atoms with van der Waals surface area (Å²) in [6, 6.07) is 7.00. The van der Waals surface area contributed by atoms with E-state index < -0.39 is 6.10 Å². The van der Waals surface area contributed by atoms with E-state index in [1.165, 1.54) is 10.9 Å². The molecule has 0 bridgehead atoms. The second-order valence-electron chi connectivity index (χ2n) is 6.74. The molecule has 0 saturated heterocycles. The second kappa shape index (κ2) is 8.25. The van der Waals surface area contributed by atoms with Gasteiger partial charge in [-0.2, -0.15) is 0 Å². The Morgan fingerprint density at radius 1 is 1.20 bits per heavy atom. The van der Waals surface area contributed by atoms with Crippen LogP contribution in [0.15, 0.2) is 35.4 Å². The van der Waals surface area contributed by atoms with Gasteiger partial charge in [-0.05, 0) is 25.0 Å². The van der Waals surface area contributed by atoms with E-state index in [1.54, 1.807) is 18.2 Å². The zero-order valence-corrected chi connectivity index (χ0v) is 14.4. The number of hydrogen-bond acceptors (Lipinski definition) is 4. The third-order valence-electron chi connectivity index (χ3n) is 4.89. The highest BCUT2D eigenvalue weighted by Crippen LogP contribution is 2.18. The van der Waals surface area contributed by atoms with Gasteiger partial charge in [0.1, 0.15) is 0 Å². The average Bonchev–Trinajstić information content (AvgIpc) is 2.61. The zero-order chi connectivity index (χ0) is 17.6. The standard InChI is InChI=1S/C19H25N3O3/c23-17-10-4-2-1-3-9-16(17)21-18(24)11-12-22-13-20-15-8-6-5-7-14(15)19(22)25/h5-8,13,16-17,23H,1-4,9-12H2,(H,21,24)/t16-,17-/m0/s1. The summed E-state index contributed by atoms with van der Waals surface area (Å²) in [5.74, 6) is -0.135. The van der Waals surface area contributed by atoms with Crippen LogP contribution in [0.2, 0.25) is 0 Å². The van der Waals surface area contributed by atoms with Crippen LogP contribution in [0.4, 0.5) is 0 Å². The highest BCUT2D eigenvalue weighted by molar-refractivity contribution is 5.77. The van der Waals surface area contributed by atoms with Crippen molar-refractivity contribution in [1.29, 1.82) is 0 Å². The second-order valence-corrected chi connectivity index (χ2v) is 6.74. The van der Waals surface area contributed by atoms with Crippen molar-refractivity contribution in [2.45, 2.75) is 63.6 Å². The number of rotatable bonds is 4. The molecule has 0 spiro atoms. The van der Waals surface area contributed by atoms with Gasteiger partial charge in [0.05, 0.1) is 29.4 Å². The van der Waals surface area contributed by atoms with Gasteiger partial charge in [-0.25, -0.2) is 4.98 Å². The third kappa shape index (κ3) is 4.45. The Bertz CT molecular complexity index is 787. The van der Waals surface area contributed by atoms with Gasteiger partial charge < -0.3 is 10.4 Å². The number of fused-ring (bicyclic) bond motifs is 1. The number of benzene rings is 1. The molecule has 2 aromatic rings. The summed E-state index contributed by atoms with van der Waals surface area (Å²) in [6.07, 6.45) is 7.08. The number of nitrogens with one attached hydrogen (secondary N) is 1. The van der Waals surface area contributed by atoms with Gasteiger partial charge in [0.25, 0.3) is 5.56 Å². The number of nitrogens with zero attached hydrogens (tertiary/aromatic N) is 2. The van der Waals surface area contributed by atoms with Crippen LogP contribution in [-0.2, 0) is 11.3 Å². The number of carbonyl (C=O) groups is 1. The predicted molar refractivity (Wildman–Crippen MR) is 96.3 cm³/mol. The van der Waals surface area contributed by atoms with E-state index in [2.05, 4.69) is 10.3 Å². The Balaban J connectivity index is 1.60. The molecule has 0 unspecified atom stereocenters. The van der Waals surface area contributed by atoms with Crippen molar-refractivity contribution < 1.29 is 9.90 Å². The normalized spacial score (nSPS) is 21.5. The van der Waals surface area contributed by atoms with Crippen molar-refractivity contribution in [3.05, 3.63) is 40.9 Å². The van der Waals surface area contributed by atoms with Gasteiger partial charge >= 0.3 is 0 Å². The van der Waals surface area contributed by atoms with Crippen LogP contribution in [0.3, 0.4) is 0 Å². The molecule has 1 aliphatic rings. The summed E-state index contributed by atoms with van der Waals surface area (Å²) in [7, 11) is 0. The molecule has 6 heteroatoms. The maximum Gasteiger partial charge on any atom is 0.261 e. The van der Waals surface area contributed by atoms with Crippen molar-refractivity contribution in [3.63, 3.8) is 0 Å². The van der Waals surface area contributed by atoms with E-state index in [0.29, 0.717) is 10.9 Å². The Kier molecular flexibility index (Phi) is 5.81. The molecule has 6 nitrogen and oxygen atoms in total. The largest absolute Gasteiger partial charge is 0.391 e. The molecule has 1 fully saturated rings. The van der Waals surface area contributed by atoms with Gasteiger partial charge in [-0.3, -0.25) is 14.2 Å². The van der Waals surface area contributed by atoms with E-state index in [-0.39, 0.29) is 30.5 Å². The van der Waals surface area contributed by atoms with Crippen LogP contribution in [0.25, 0.3) is 10.9 Å². The molecule has 3 rings (SSSR count). The first-order valence-electron chi connectivity index (χ1n) is 9.07. The van der Waals surface area contributed by atoms with E-state index in [0.717, 1.165) is 38.5 Å². The molecule has 1 heterocycles. The van der Waals surface area contributed by atoms with Crippen LogP contribution < -0.4 is 10.9 Å². The smallest absolute Gasteiger partial charge is 0.261 e. The number of aryl methyl sites for hydroxylation is 1. The van der Waals surface area contributed by atoms with E-state index >= 15 is 0 Å². The van der Waals surface area contributed by atoms with Crippen LogP contribution in [0, 0.1) is 0 Å². The maximum atomic E-state index is 12.4. The number of aliphatic hydroxyl groups is 1. The quantitative estimate of drug-likeness (QED) is 0.889. The Morgan fingerprint density at radius 2 is 1.96 bits per heavy atom. The third-order valence-corrected chi connectivity index (χ3v) is 4.89. The number of carbonyl (C=O) groups excluding carboxylic acids is 1. The van der Waals surface area contributed by atoms with Crippen molar-refractivity contribution in [3.8, 4) is 0 Å². The molecule has 1 amide bonds. The fourth-order valence-corrected chi connectivity index (χ4v) is 3.40. The molecular formula is C19H25N3O3. The van der Waals surface area contributed by atoms with Crippen molar-refractivity contribution in [2.24, 2.45) is 0 Å². The van der Waals surface area contributed by atoms with Gasteiger partial charge in [-0.1, -0.05) is 37.8 Å². The van der Waals surface area contributed by atoms with E-state index in [9.17, 15) is 14.7 Å². The molecule has 134 valence electrons. The monoisotopic (exact) mass is 343 g/mol. The molecule has 1 aliphatic carbocycles. The fourth-order valence-electron chi connectivity index (χ4n) is 3.40. The number of aliphatic hydroxyl groups excluding tert-OH is 1. The Morgan fingerprint density at radius 3 is 2.80 bits per heavy atom. The summed E-state index contributed by atoms with van der Waals surface area (Å²) in [4.78, 5) is 28.9. The lowest BCUT2D eigenvalue weighted by Gasteiger charge is -2.26. The first kappa shape index (κ1) is 17.6. The molecule has 2 atom stereocenters. The lowest BCUT2D eigenvalue weighted by molar-refractivity contribution is -0.123. The highest BCUT2D eigenvalue weighted by Gasteiger charge is 2.22. The fraction of sp³-hybridized carbons (Fsp3) is 0.526. The highest BCUT2D eigenvalue weighted by atomic mass is 16.3. The van der Waals surface area contributed by atoms with E-state index in [4.69, 9.17) is 0 Å². The minimum Gasteiger partial charge on any atom is -0.391 e. The molecule has 2 N–H and O–H groups in total.